The van der Waals surface area contributed by atoms with Crippen LogP contribution in [0.2, 0.25) is 0 Å². The SMILES string of the molecule is Cc1c(N)cccc1S(=O)(=O)NCCc1ncno1. The van der Waals surface area contributed by atoms with Crippen molar-refractivity contribution in [3.63, 3.8) is 0 Å². The highest BCUT2D eigenvalue weighted by Gasteiger charge is 2.17. The summed E-state index contributed by atoms with van der Waals surface area (Å²) in [5, 5.41) is 3.44. The van der Waals surface area contributed by atoms with Gasteiger partial charge < -0.3 is 10.3 Å². The van der Waals surface area contributed by atoms with Gasteiger partial charge in [0.25, 0.3) is 0 Å². The molecule has 0 unspecified atom stereocenters. The molecule has 0 aliphatic rings. The molecule has 0 spiro atoms. The van der Waals surface area contributed by atoms with Crippen LogP contribution in [0.4, 0.5) is 5.69 Å². The molecule has 0 atom stereocenters. The molecule has 1 aromatic heterocycles. The van der Waals surface area contributed by atoms with Crippen LogP contribution in [-0.4, -0.2) is 25.1 Å². The number of nitrogens with one attached hydrogen (secondary N) is 1. The van der Waals surface area contributed by atoms with Gasteiger partial charge in [-0.05, 0) is 24.6 Å². The molecule has 2 aromatic rings. The maximum Gasteiger partial charge on any atom is 0.240 e. The fourth-order valence-electron chi connectivity index (χ4n) is 1.60. The van der Waals surface area contributed by atoms with Crippen molar-refractivity contribution >= 4 is 15.7 Å². The number of hydrogen-bond acceptors (Lipinski definition) is 6. The fourth-order valence-corrected chi connectivity index (χ4v) is 2.90. The first-order valence-corrected chi connectivity index (χ1v) is 7.09. The highest BCUT2D eigenvalue weighted by molar-refractivity contribution is 7.89. The zero-order valence-electron chi connectivity index (χ0n) is 10.3. The average Bonchev–Trinajstić information content (AvgIpc) is 2.85. The number of nitrogen functional groups attached to an aromatic ring is 1. The molecule has 19 heavy (non-hydrogen) atoms. The van der Waals surface area contributed by atoms with E-state index in [9.17, 15) is 8.42 Å². The summed E-state index contributed by atoms with van der Waals surface area (Å²) in [6, 6.07) is 4.78. The molecule has 1 aromatic carbocycles. The number of rotatable bonds is 5. The van der Waals surface area contributed by atoms with Gasteiger partial charge in [0, 0.05) is 18.7 Å². The minimum absolute atomic E-state index is 0.179. The van der Waals surface area contributed by atoms with Gasteiger partial charge in [-0.25, -0.2) is 13.1 Å². The first kappa shape index (κ1) is 13.5. The van der Waals surface area contributed by atoms with E-state index in [4.69, 9.17) is 10.3 Å². The molecule has 2 rings (SSSR count). The molecule has 8 heteroatoms. The predicted octanol–water partition coefficient (Wildman–Crippen LogP) is 0.481. The van der Waals surface area contributed by atoms with Crippen LogP contribution in [0.15, 0.2) is 33.9 Å². The van der Waals surface area contributed by atoms with Gasteiger partial charge in [-0.1, -0.05) is 11.2 Å². The second kappa shape index (κ2) is 5.37. The Labute approximate surface area is 110 Å². The standard InChI is InChI=1S/C11H14N4O3S/c1-8-9(12)3-2-4-10(8)19(16,17)15-6-5-11-13-7-14-18-11/h2-4,7,15H,5-6,12H2,1H3. The van der Waals surface area contributed by atoms with Crippen molar-refractivity contribution in [3.05, 3.63) is 36.0 Å². The molecule has 0 saturated heterocycles. The number of nitrogens with zero attached hydrogens (tertiary/aromatic N) is 2. The number of anilines is 1. The third kappa shape index (κ3) is 3.09. The second-order valence-corrected chi connectivity index (χ2v) is 5.69. The van der Waals surface area contributed by atoms with E-state index >= 15 is 0 Å². The second-order valence-electron chi connectivity index (χ2n) is 3.95. The molecule has 0 aliphatic heterocycles. The van der Waals surface area contributed by atoms with Crippen molar-refractivity contribution in [1.29, 1.82) is 0 Å². The number of nitrogens with two attached hydrogens (primary N) is 1. The Morgan fingerprint density at radius 1 is 1.42 bits per heavy atom. The van der Waals surface area contributed by atoms with E-state index in [0.717, 1.165) is 0 Å². The highest BCUT2D eigenvalue weighted by atomic mass is 32.2. The van der Waals surface area contributed by atoms with Gasteiger partial charge in [-0.15, -0.1) is 0 Å². The largest absolute Gasteiger partial charge is 0.398 e. The highest BCUT2D eigenvalue weighted by Crippen LogP contribution is 2.19. The van der Waals surface area contributed by atoms with Crippen LogP contribution in [0, 0.1) is 6.92 Å². The Hall–Kier alpha value is -1.93. The van der Waals surface area contributed by atoms with Crippen molar-refractivity contribution in [1.82, 2.24) is 14.9 Å². The Balaban J connectivity index is 2.08. The van der Waals surface area contributed by atoms with Crippen LogP contribution in [0.1, 0.15) is 11.5 Å². The molecular formula is C11H14N4O3S. The molecule has 0 amide bonds. The first-order valence-electron chi connectivity index (χ1n) is 5.61. The summed E-state index contributed by atoms with van der Waals surface area (Å²) in [7, 11) is -3.59. The summed E-state index contributed by atoms with van der Waals surface area (Å²) in [6.45, 7) is 1.85. The third-order valence-electron chi connectivity index (χ3n) is 2.65. The monoisotopic (exact) mass is 282 g/mol. The molecule has 0 fully saturated rings. The lowest BCUT2D eigenvalue weighted by atomic mass is 10.2. The number of hydrogen-bond donors (Lipinski definition) is 2. The van der Waals surface area contributed by atoms with Crippen molar-refractivity contribution in [2.45, 2.75) is 18.2 Å². The van der Waals surface area contributed by atoms with Crippen LogP contribution in [0.25, 0.3) is 0 Å². The molecule has 0 bridgehead atoms. The van der Waals surface area contributed by atoms with Crippen LogP contribution in [0.5, 0.6) is 0 Å². The van der Waals surface area contributed by atoms with Crippen LogP contribution in [-0.2, 0) is 16.4 Å². The van der Waals surface area contributed by atoms with E-state index in [1.807, 2.05) is 0 Å². The Bertz CT molecular complexity index is 653. The zero-order chi connectivity index (χ0) is 13.9. The number of aromatic nitrogens is 2. The molecule has 0 radical (unpaired) electrons. The quantitative estimate of drug-likeness (QED) is 0.772. The lowest BCUT2D eigenvalue weighted by Gasteiger charge is -2.10. The Morgan fingerprint density at radius 3 is 2.89 bits per heavy atom. The van der Waals surface area contributed by atoms with E-state index in [1.54, 1.807) is 19.1 Å². The van der Waals surface area contributed by atoms with Gasteiger partial charge >= 0.3 is 0 Å². The number of benzene rings is 1. The van der Waals surface area contributed by atoms with E-state index in [-0.39, 0.29) is 11.4 Å². The van der Waals surface area contributed by atoms with E-state index in [1.165, 1.54) is 12.4 Å². The molecule has 0 saturated carbocycles. The molecule has 0 aliphatic carbocycles. The molecule has 1 heterocycles. The fraction of sp³-hybridized carbons (Fsp3) is 0.273. The normalized spacial score (nSPS) is 11.6. The Kier molecular flexibility index (Phi) is 3.82. The topological polar surface area (TPSA) is 111 Å². The van der Waals surface area contributed by atoms with Gasteiger partial charge in [0.2, 0.25) is 15.9 Å². The maximum atomic E-state index is 12.1. The summed E-state index contributed by atoms with van der Waals surface area (Å²) in [6.07, 6.45) is 1.60. The first-order chi connectivity index (χ1) is 9.00. The summed E-state index contributed by atoms with van der Waals surface area (Å²) in [5.74, 6) is 0.381. The summed E-state index contributed by atoms with van der Waals surface area (Å²) in [4.78, 5) is 3.99. The minimum atomic E-state index is -3.59. The van der Waals surface area contributed by atoms with Crippen molar-refractivity contribution in [2.24, 2.45) is 0 Å². The summed E-state index contributed by atoms with van der Waals surface area (Å²) >= 11 is 0. The van der Waals surface area contributed by atoms with E-state index in [2.05, 4.69) is 14.9 Å². The Morgan fingerprint density at radius 2 is 2.21 bits per heavy atom. The molecule has 3 N–H and O–H groups in total. The maximum absolute atomic E-state index is 12.1. The van der Waals surface area contributed by atoms with Gasteiger partial charge in [0.05, 0.1) is 4.90 Å². The number of sulfonamides is 1. The molecule has 7 nitrogen and oxygen atoms in total. The van der Waals surface area contributed by atoms with Gasteiger partial charge in [0.15, 0.2) is 6.33 Å². The zero-order valence-corrected chi connectivity index (χ0v) is 11.1. The lowest BCUT2D eigenvalue weighted by molar-refractivity contribution is 0.377. The van der Waals surface area contributed by atoms with Gasteiger partial charge in [-0.3, -0.25) is 0 Å². The predicted molar refractivity (Wildman–Crippen MR) is 68.8 cm³/mol. The van der Waals surface area contributed by atoms with Crippen molar-refractivity contribution < 1.29 is 12.9 Å². The minimum Gasteiger partial charge on any atom is -0.398 e. The van der Waals surface area contributed by atoms with E-state index < -0.39 is 10.0 Å². The van der Waals surface area contributed by atoms with Gasteiger partial charge in [-0.2, -0.15) is 4.98 Å². The van der Waals surface area contributed by atoms with Crippen molar-refractivity contribution in [2.75, 3.05) is 12.3 Å². The lowest BCUT2D eigenvalue weighted by Crippen LogP contribution is -2.26. The molecule has 102 valence electrons. The summed E-state index contributed by atoms with van der Waals surface area (Å²) in [5.41, 5.74) is 6.68. The smallest absolute Gasteiger partial charge is 0.240 e. The van der Waals surface area contributed by atoms with Gasteiger partial charge in [0.1, 0.15) is 0 Å². The summed E-state index contributed by atoms with van der Waals surface area (Å²) < 4.78 is 31.5. The average molecular weight is 282 g/mol. The third-order valence-corrected chi connectivity index (χ3v) is 4.26. The molecular weight excluding hydrogens is 268 g/mol. The van der Waals surface area contributed by atoms with Crippen LogP contribution < -0.4 is 10.5 Å². The van der Waals surface area contributed by atoms with Crippen LogP contribution >= 0.6 is 0 Å². The van der Waals surface area contributed by atoms with E-state index in [0.29, 0.717) is 23.6 Å². The van der Waals surface area contributed by atoms with Crippen LogP contribution in [0.3, 0.4) is 0 Å². The van der Waals surface area contributed by atoms with Crippen molar-refractivity contribution in [3.8, 4) is 0 Å².